The van der Waals surface area contributed by atoms with Crippen LogP contribution in [0.5, 0.6) is 0 Å². The Bertz CT molecular complexity index is 287. The number of ether oxygens (including phenoxy) is 1. The van der Waals surface area contributed by atoms with Gasteiger partial charge in [0.25, 0.3) is 0 Å². The fourth-order valence-corrected chi connectivity index (χ4v) is 0.556. The molecule has 5 nitrogen and oxygen atoms in total. The molecule has 0 aromatic carbocycles. The molecule has 0 radical (unpaired) electrons. The number of hydrogen-bond acceptors (Lipinski definition) is 5. The Morgan fingerprint density at radius 2 is 2.00 bits per heavy atom. The largest absolute Gasteiger partial charge is 0.743 e. The van der Waals surface area contributed by atoms with E-state index >= 15 is 0 Å². The third-order valence-electron chi connectivity index (χ3n) is 0.876. The minimum Gasteiger partial charge on any atom is -0.743 e. The van der Waals surface area contributed by atoms with Crippen molar-refractivity contribution in [2.45, 2.75) is 5.25 Å². The van der Waals surface area contributed by atoms with Gasteiger partial charge in [0.2, 0.25) is 0 Å². The number of hydrogen-bond donors (Lipinski definition) is 0. The van der Waals surface area contributed by atoms with Crippen LogP contribution in [0.25, 0.3) is 0 Å². The molecule has 0 aliphatic heterocycles. The lowest BCUT2D eigenvalue weighted by Crippen LogP contribution is -2.34. The maximum absolute atomic E-state index is 12.2. The minimum absolute atomic E-state index is 0.699. The molecule has 0 aromatic rings. The molecule has 0 saturated heterocycles. The van der Waals surface area contributed by atoms with E-state index in [-0.39, 0.29) is 0 Å². The SMILES string of the molecule is O=C(CCl)OCC(F)(F)S(=O)(=O)[O-]. The van der Waals surface area contributed by atoms with Crippen molar-refractivity contribution in [3.05, 3.63) is 0 Å². The molecule has 0 spiro atoms. The van der Waals surface area contributed by atoms with Crippen LogP contribution in [0.4, 0.5) is 8.78 Å². The average molecular weight is 238 g/mol. The second-order valence-corrected chi connectivity index (χ2v) is 3.66. The smallest absolute Gasteiger partial charge is 0.367 e. The molecule has 0 aliphatic rings. The summed E-state index contributed by atoms with van der Waals surface area (Å²) in [4.78, 5) is 10.2. The maximum Gasteiger partial charge on any atom is 0.367 e. The van der Waals surface area contributed by atoms with E-state index in [1.54, 1.807) is 0 Å². The molecule has 0 saturated carbocycles. The third-order valence-corrected chi connectivity index (χ3v) is 1.94. The zero-order valence-corrected chi connectivity index (χ0v) is 7.57. The van der Waals surface area contributed by atoms with Crippen LogP contribution in [0.15, 0.2) is 0 Å². The molecule has 0 amide bonds. The monoisotopic (exact) mass is 237 g/mol. The molecule has 0 atom stereocenters. The van der Waals surface area contributed by atoms with Crippen LogP contribution in [0.1, 0.15) is 0 Å². The van der Waals surface area contributed by atoms with Gasteiger partial charge in [0, 0.05) is 0 Å². The van der Waals surface area contributed by atoms with Gasteiger partial charge in [0.05, 0.1) is 0 Å². The molecule has 0 aromatic heterocycles. The predicted molar refractivity (Wildman–Crippen MR) is 36.3 cm³/mol. The van der Waals surface area contributed by atoms with E-state index in [4.69, 9.17) is 11.6 Å². The van der Waals surface area contributed by atoms with Crippen molar-refractivity contribution in [2.24, 2.45) is 0 Å². The summed E-state index contributed by atoms with van der Waals surface area (Å²) in [5.41, 5.74) is 0. The summed E-state index contributed by atoms with van der Waals surface area (Å²) in [6, 6.07) is 0. The molecular weight excluding hydrogens is 234 g/mol. The van der Waals surface area contributed by atoms with Gasteiger partial charge in [-0.05, 0) is 0 Å². The Labute approximate surface area is 77.4 Å². The molecule has 0 N–H and O–H groups in total. The van der Waals surface area contributed by atoms with Crippen molar-refractivity contribution in [2.75, 3.05) is 12.5 Å². The van der Waals surface area contributed by atoms with Crippen molar-refractivity contribution >= 4 is 27.7 Å². The van der Waals surface area contributed by atoms with Crippen LogP contribution >= 0.6 is 11.6 Å². The van der Waals surface area contributed by atoms with E-state index in [2.05, 4.69) is 4.74 Å². The summed E-state index contributed by atoms with van der Waals surface area (Å²) in [7, 11) is -5.81. The lowest BCUT2D eigenvalue weighted by molar-refractivity contribution is -0.146. The highest BCUT2D eigenvalue weighted by Gasteiger charge is 2.39. The zero-order valence-electron chi connectivity index (χ0n) is 6.00. The first-order valence-corrected chi connectivity index (χ1v) is 4.70. The van der Waals surface area contributed by atoms with Crippen LogP contribution < -0.4 is 0 Å². The first-order valence-electron chi connectivity index (χ1n) is 2.75. The third kappa shape index (κ3) is 3.83. The molecule has 0 heterocycles. The van der Waals surface area contributed by atoms with Crippen molar-refractivity contribution in [3.63, 3.8) is 0 Å². The summed E-state index contributed by atoms with van der Waals surface area (Å²) in [5, 5.41) is -4.62. The molecule has 0 rings (SSSR count). The summed E-state index contributed by atoms with van der Waals surface area (Å²) in [6.45, 7) is -1.82. The molecule has 0 unspecified atom stereocenters. The summed E-state index contributed by atoms with van der Waals surface area (Å²) >= 11 is 4.85. The van der Waals surface area contributed by atoms with Crippen LogP contribution in [-0.4, -0.2) is 36.7 Å². The second kappa shape index (κ2) is 4.16. The van der Waals surface area contributed by atoms with E-state index < -0.39 is 33.8 Å². The van der Waals surface area contributed by atoms with E-state index in [9.17, 15) is 26.5 Å². The number of halogens is 3. The molecule has 0 fully saturated rings. The molecule has 0 bridgehead atoms. The van der Waals surface area contributed by atoms with Gasteiger partial charge < -0.3 is 9.29 Å². The standard InChI is InChI=1S/C4H5ClF2O5S/c5-1-3(8)12-2-4(6,7)13(9,10)11/h1-2H2,(H,9,10,11)/p-1. The Hall–Kier alpha value is -0.470. The summed E-state index contributed by atoms with van der Waals surface area (Å²) < 4.78 is 57.6. The maximum atomic E-state index is 12.2. The first kappa shape index (κ1) is 12.5. The summed E-state index contributed by atoms with van der Waals surface area (Å²) in [5.74, 6) is -1.93. The molecule has 78 valence electrons. The number of rotatable bonds is 4. The number of carbonyl (C=O) groups excluding carboxylic acids is 1. The van der Waals surface area contributed by atoms with Crippen LogP contribution in [0.2, 0.25) is 0 Å². The van der Waals surface area contributed by atoms with E-state index in [1.807, 2.05) is 0 Å². The van der Waals surface area contributed by atoms with Gasteiger partial charge in [-0.25, -0.2) is 8.42 Å². The minimum atomic E-state index is -5.81. The van der Waals surface area contributed by atoms with Crippen molar-refractivity contribution < 1.29 is 31.3 Å². The topological polar surface area (TPSA) is 83.5 Å². The lowest BCUT2D eigenvalue weighted by atomic mass is 10.7. The van der Waals surface area contributed by atoms with Crippen LogP contribution in [0.3, 0.4) is 0 Å². The van der Waals surface area contributed by atoms with Gasteiger partial charge >= 0.3 is 11.2 Å². The predicted octanol–water partition coefficient (Wildman–Crippen LogP) is -0.0936. The Kier molecular flexibility index (Phi) is 4.01. The molecule has 0 aliphatic carbocycles. The fourth-order valence-electron chi connectivity index (χ4n) is 0.275. The lowest BCUT2D eigenvalue weighted by Gasteiger charge is -2.18. The van der Waals surface area contributed by atoms with Gasteiger partial charge in [0.1, 0.15) is 5.88 Å². The molecule has 13 heavy (non-hydrogen) atoms. The van der Waals surface area contributed by atoms with Crippen LogP contribution in [-0.2, 0) is 19.6 Å². The van der Waals surface area contributed by atoms with E-state index in [0.717, 1.165) is 0 Å². The first-order chi connectivity index (χ1) is 5.70. The Balaban J connectivity index is 4.29. The highest BCUT2D eigenvalue weighted by molar-refractivity contribution is 7.86. The molecular formula is C4H4ClF2O5S-. The number of alkyl halides is 3. The highest BCUT2D eigenvalue weighted by atomic mass is 35.5. The Morgan fingerprint density at radius 1 is 1.54 bits per heavy atom. The second-order valence-electron chi connectivity index (χ2n) is 1.89. The Morgan fingerprint density at radius 3 is 2.31 bits per heavy atom. The molecule has 9 heteroatoms. The normalized spacial score (nSPS) is 12.6. The van der Waals surface area contributed by atoms with E-state index in [1.165, 1.54) is 0 Å². The van der Waals surface area contributed by atoms with Crippen molar-refractivity contribution in [3.8, 4) is 0 Å². The highest BCUT2D eigenvalue weighted by Crippen LogP contribution is 2.20. The number of carbonyl (C=O) groups is 1. The van der Waals surface area contributed by atoms with Crippen LogP contribution in [0, 0.1) is 0 Å². The van der Waals surface area contributed by atoms with Gasteiger partial charge in [-0.15, -0.1) is 11.6 Å². The van der Waals surface area contributed by atoms with Crippen molar-refractivity contribution in [1.82, 2.24) is 0 Å². The zero-order chi connectivity index (χ0) is 10.7. The van der Waals surface area contributed by atoms with Gasteiger partial charge in [0.15, 0.2) is 16.7 Å². The van der Waals surface area contributed by atoms with Gasteiger partial charge in [-0.2, -0.15) is 8.78 Å². The van der Waals surface area contributed by atoms with Gasteiger partial charge in [-0.1, -0.05) is 0 Å². The number of esters is 1. The average Bonchev–Trinajstić information content (AvgIpc) is 1.98. The quantitative estimate of drug-likeness (QED) is 0.388. The van der Waals surface area contributed by atoms with Gasteiger partial charge in [-0.3, -0.25) is 4.79 Å². The summed E-state index contributed by atoms with van der Waals surface area (Å²) in [6.07, 6.45) is 0. The fraction of sp³-hybridized carbons (Fsp3) is 0.750. The van der Waals surface area contributed by atoms with E-state index in [0.29, 0.717) is 0 Å². The van der Waals surface area contributed by atoms with Crippen molar-refractivity contribution in [1.29, 1.82) is 0 Å².